The number of aromatic nitrogens is 1. The van der Waals surface area contributed by atoms with Crippen molar-refractivity contribution in [3.05, 3.63) is 46.3 Å². The molecule has 1 amide bonds. The van der Waals surface area contributed by atoms with E-state index in [4.69, 9.17) is 9.47 Å². The minimum atomic E-state index is -0.172. The maximum absolute atomic E-state index is 13.0. The molecular formula is C18H20N2O3S. The molecule has 0 spiro atoms. The van der Waals surface area contributed by atoms with Gasteiger partial charge >= 0.3 is 0 Å². The number of amides is 1. The second kappa shape index (κ2) is 6.53. The Balaban J connectivity index is 1.57. The molecule has 2 aliphatic rings. The van der Waals surface area contributed by atoms with Gasteiger partial charge in [0.1, 0.15) is 12.2 Å². The van der Waals surface area contributed by atoms with Crippen molar-refractivity contribution in [3.63, 3.8) is 0 Å². The molecule has 0 unspecified atom stereocenters. The molecule has 6 heteroatoms. The standard InChI is InChI=1S/C18H20N2O3S/c1-12-7-10-24-17(12)18(21)20-11-14(16-13(20)5-4-9-22-16)23-15-6-2-3-8-19-15/h2-3,6-8,10,13-14,16H,4-5,9,11H2,1H3/t13-,14-,16+/m1/s1. The fourth-order valence-corrected chi connectivity index (χ4v) is 4.42. The highest BCUT2D eigenvalue weighted by Gasteiger charge is 2.48. The van der Waals surface area contributed by atoms with Crippen molar-refractivity contribution in [1.82, 2.24) is 9.88 Å². The third kappa shape index (κ3) is 2.80. The van der Waals surface area contributed by atoms with Gasteiger partial charge in [-0.2, -0.15) is 0 Å². The van der Waals surface area contributed by atoms with Crippen LogP contribution in [0.25, 0.3) is 0 Å². The summed E-state index contributed by atoms with van der Waals surface area (Å²) in [5, 5.41) is 1.97. The van der Waals surface area contributed by atoms with Crippen LogP contribution in [0.2, 0.25) is 0 Å². The van der Waals surface area contributed by atoms with Gasteiger partial charge in [0, 0.05) is 18.9 Å². The van der Waals surface area contributed by atoms with E-state index >= 15 is 0 Å². The van der Waals surface area contributed by atoms with E-state index in [1.807, 2.05) is 41.5 Å². The molecule has 0 aromatic carbocycles. The molecule has 126 valence electrons. The Kier molecular flexibility index (Phi) is 4.24. The molecule has 2 fully saturated rings. The molecule has 2 aliphatic heterocycles. The van der Waals surface area contributed by atoms with E-state index < -0.39 is 0 Å². The zero-order valence-electron chi connectivity index (χ0n) is 13.6. The van der Waals surface area contributed by atoms with Crippen molar-refractivity contribution in [1.29, 1.82) is 0 Å². The Morgan fingerprint density at radius 3 is 3.08 bits per heavy atom. The summed E-state index contributed by atoms with van der Waals surface area (Å²) in [4.78, 5) is 20.0. The van der Waals surface area contributed by atoms with Gasteiger partial charge in [0.25, 0.3) is 5.91 Å². The number of likely N-dealkylation sites (tertiary alicyclic amines) is 1. The average molecular weight is 344 g/mol. The molecule has 0 N–H and O–H groups in total. The number of nitrogens with zero attached hydrogens (tertiary/aromatic N) is 2. The second-order valence-corrected chi connectivity index (χ2v) is 7.18. The second-order valence-electron chi connectivity index (χ2n) is 6.26. The first-order valence-electron chi connectivity index (χ1n) is 8.28. The maximum atomic E-state index is 13.0. The van der Waals surface area contributed by atoms with Crippen LogP contribution in [0.1, 0.15) is 28.1 Å². The molecule has 0 aliphatic carbocycles. The zero-order valence-corrected chi connectivity index (χ0v) is 14.4. The summed E-state index contributed by atoms with van der Waals surface area (Å²) in [7, 11) is 0. The normalized spacial score (nSPS) is 26.2. The van der Waals surface area contributed by atoms with Gasteiger partial charge in [0.15, 0.2) is 0 Å². The summed E-state index contributed by atoms with van der Waals surface area (Å²) in [5.41, 5.74) is 1.03. The van der Waals surface area contributed by atoms with Crippen molar-refractivity contribution in [2.45, 2.75) is 38.0 Å². The van der Waals surface area contributed by atoms with Crippen LogP contribution in [0, 0.1) is 6.92 Å². The van der Waals surface area contributed by atoms with Crippen LogP contribution in [0.5, 0.6) is 5.88 Å². The van der Waals surface area contributed by atoms with Gasteiger partial charge in [0.05, 0.1) is 17.5 Å². The first-order valence-corrected chi connectivity index (χ1v) is 9.16. The van der Waals surface area contributed by atoms with E-state index in [9.17, 15) is 4.79 Å². The molecule has 4 rings (SSSR count). The van der Waals surface area contributed by atoms with Crippen molar-refractivity contribution >= 4 is 17.2 Å². The van der Waals surface area contributed by atoms with Crippen molar-refractivity contribution in [2.75, 3.05) is 13.2 Å². The highest BCUT2D eigenvalue weighted by Crippen LogP contribution is 2.33. The Bertz CT molecular complexity index is 718. The number of rotatable bonds is 3. The van der Waals surface area contributed by atoms with Crippen LogP contribution in [0.4, 0.5) is 0 Å². The SMILES string of the molecule is Cc1ccsc1C(=O)N1C[C@@H](Oc2ccccn2)[C@H]2OCCC[C@H]21. The zero-order chi connectivity index (χ0) is 16.5. The minimum absolute atomic E-state index is 0.0787. The summed E-state index contributed by atoms with van der Waals surface area (Å²) < 4.78 is 12.0. The Hall–Kier alpha value is -1.92. The van der Waals surface area contributed by atoms with Crippen LogP contribution in [0.3, 0.4) is 0 Å². The quantitative estimate of drug-likeness (QED) is 0.859. The first kappa shape index (κ1) is 15.6. The van der Waals surface area contributed by atoms with E-state index in [1.165, 1.54) is 11.3 Å². The summed E-state index contributed by atoms with van der Waals surface area (Å²) in [5.74, 6) is 0.673. The number of hydrogen-bond donors (Lipinski definition) is 0. The molecule has 24 heavy (non-hydrogen) atoms. The predicted octanol–water partition coefficient (Wildman–Crippen LogP) is 2.90. The van der Waals surface area contributed by atoms with Crippen LogP contribution >= 0.6 is 11.3 Å². The van der Waals surface area contributed by atoms with Crippen molar-refractivity contribution in [3.8, 4) is 5.88 Å². The van der Waals surface area contributed by atoms with Crippen LogP contribution in [-0.2, 0) is 4.74 Å². The lowest BCUT2D eigenvalue weighted by Gasteiger charge is -2.31. The van der Waals surface area contributed by atoms with Gasteiger partial charge in [-0.25, -0.2) is 4.98 Å². The predicted molar refractivity (Wildman–Crippen MR) is 91.5 cm³/mol. The summed E-state index contributed by atoms with van der Waals surface area (Å²) >= 11 is 1.50. The van der Waals surface area contributed by atoms with E-state index in [1.54, 1.807) is 6.20 Å². The van der Waals surface area contributed by atoms with Gasteiger partial charge in [-0.15, -0.1) is 11.3 Å². The third-order valence-electron chi connectivity index (χ3n) is 4.70. The lowest BCUT2D eigenvalue weighted by molar-refractivity contribution is -0.0455. The van der Waals surface area contributed by atoms with Crippen molar-refractivity contribution < 1.29 is 14.3 Å². The van der Waals surface area contributed by atoms with Gasteiger partial charge in [-0.1, -0.05) is 6.07 Å². The molecule has 4 heterocycles. The van der Waals surface area contributed by atoms with E-state index in [0.717, 1.165) is 29.9 Å². The molecule has 0 radical (unpaired) electrons. The number of carbonyl (C=O) groups excluding carboxylic acids is 1. The van der Waals surface area contributed by atoms with E-state index in [2.05, 4.69) is 4.98 Å². The highest BCUT2D eigenvalue weighted by atomic mass is 32.1. The van der Waals surface area contributed by atoms with E-state index in [-0.39, 0.29) is 24.2 Å². The molecule has 2 aromatic rings. The number of thiophene rings is 1. The largest absolute Gasteiger partial charge is 0.470 e. The summed E-state index contributed by atoms with van der Waals surface area (Å²) in [6.45, 7) is 3.25. The van der Waals surface area contributed by atoms with Crippen LogP contribution in [0.15, 0.2) is 35.8 Å². The number of carbonyl (C=O) groups is 1. The maximum Gasteiger partial charge on any atom is 0.264 e. The molecular weight excluding hydrogens is 324 g/mol. The van der Waals surface area contributed by atoms with Gasteiger partial charge in [0.2, 0.25) is 5.88 Å². The van der Waals surface area contributed by atoms with Gasteiger partial charge < -0.3 is 14.4 Å². The topological polar surface area (TPSA) is 51.7 Å². The number of pyridine rings is 1. The van der Waals surface area contributed by atoms with Crippen LogP contribution in [-0.4, -0.2) is 47.2 Å². The number of fused-ring (bicyclic) bond motifs is 1. The molecule has 5 nitrogen and oxygen atoms in total. The molecule has 2 saturated heterocycles. The number of hydrogen-bond acceptors (Lipinski definition) is 5. The number of ether oxygens (including phenoxy) is 2. The molecule has 3 atom stereocenters. The molecule has 0 saturated carbocycles. The van der Waals surface area contributed by atoms with Crippen molar-refractivity contribution in [2.24, 2.45) is 0 Å². The smallest absolute Gasteiger partial charge is 0.264 e. The Morgan fingerprint density at radius 2 is 2.33 bits per heavy atom. The lowest BCUT2D eigenvalue weighted by atomic mass is 10.0. The average Bonchev–Trinajstić information content (AvgIpc) is 3.20. The lowest BCUT2D eigenvalue weighted by Crippen LogP contribution is -2.44. The van der Waals surface area contributed by atoms with Gasteiger partial charge in [-0.3, -0.25) is 4.79 Å². The Labute approximate surface area is 145 Å². The first-order chi connectivity index (χ1) is 11.7. The monoisotopic (exact) mass is 344 g/mol. The fourth-order valence-electron chi connectivity index (χ4n) is 3.54. The minimum Gasteiger partial charge on any atom is -0.470 e. The molecule has 2 aromatic heterocycles. The highest BCUT2D eigenvalue weighted by molar-refractivity contribution is 7.12. The van der Waals surface area contributed by atoms with Gasteiger partial charge in [-0.05, 0) is 42.8 Å². The molecule has 0 bridgehead atoms. The summed E-state index contributed by atoms with van der Waals surface area (Å²) in [6.07, 6.45) is 3.40. The number of aryl methyl sites for hydroxylation is 1. The van der Waals surface area contributed by atoms with E-state index in [0.29, 0.717) is 12.4 Å². The fraction of sp³-hybridized carbons (Fsp3) is 0.444. The third-order valence-corrected chi connectivity index (χ3v) is 5.71. The van der Waals surface area contributed by atoms with Crippen LogP contribution < -0.4 is 4.74 Å². The summed E-state index contributed by atoms with van der Waals surface area (Å²) in [6, 6.07) is 7.67. The Morgan fingerprint density at radius 1 is 1.42 bits per heavy atom.